The summed E-state index contributed by atoms with van der Waals surface area (Å²) in [5, 5.41) is 11.7. The highest BCUT2D eigenvalue weighted by Crippen LogP contribution is 2.26. The number of hydrogen-bond acceptors (Lipinski definition) is 3. The first-order chi connectivity index (χ1) is 13.0. The number of benzene rings is 1. The van der Waals surface area contributed by atoms with Crippen LogP contribution in [-0.2, 0) is 12.0 Å². The molecule has 0 aliphatic rings. The van der Waals surface area contributed by atoms with Crippen LogP contribution in [0.1, 0.15) is 48.5 Å². The van der Waals surface area contributed by atoms with E-state index in [0.29, 0.717) is 18.7 Å². The summed E-state index contributed by atoms with van der Waals surface area (Å²) in [4.78, 5) is 17.9. The Bertz CT molecular complexity index is 742. The summed E-state index contributed by atoms with van der Waals surface area (Å²) in [6.07, 6.45) is 0. The number of aliphatic imine (C=N–C) groups is 1. The number of thiophene rings is 1. The molecule has 28 heavy (non-hydrogen) atoms. The van der Waals surface area contributed by atoms with Gasteiger partial charge < -0.3 is 16.0 Å². The molecule has 1 aromatic heterocycles. The molecule has 0 atom stereocenters. The first-order valence-corrected chi connectivity index (χ1v) is 10.3. The number of amides is 1. The lowest BCUT2D eigenvalue weighted by atomic mass is 9.91. The summed E-state index contributed by atoms with van der Waals surface area (Å²) in [6.45, 7) is 11.2. The lowest BCUT2D eigenvalue weighted by Gasteiger charge is -2.25. The van der Waals surface area contributed by atoms with Crippen LogP contribution >= 0.6 is 35.3 Å². The van der Waals surface area contributed by atoms with Crippen molar-refractivity contribution in [2.45, 2.75) is 39.7 Å². The number of carbonyl (C=O) groups excluding carboxylic acids is 1. The Labute approximate surface area is 189 Å². The molecule has 2 rings (SSSR count). The summed E-state index contributed by atoms with van der Waals surface area (Å²) >= 11 is 1.78. The molecular weight excluding hydrogens is 483 g/mol. The first-order valence-electron chi connectivity index (χ1n) is 9.39. The Balaban J connectivity index is 0.00000392. The lowest BCUT2D eigenvalue weighted by Crippen LogP contribution is -2.43. The van der Waals surface area contributed by atoms with Gasteiger partial charge in [-0.15, -0.1) is 35.3 Å². The van der Waals surface area contributed by atoms with Crippen molar-refractivity contribution in [1.29, 1.82) is 0 Å². The zero-order valence-electron chi connectivity index (χ0n) is 17.0. The number of nitrogens with one attached hydrogen (secondary N) is 3. The predicted octanol–water partition coefficient (Wildman–Crippen LogP) is 4.15. The fourth-order valence-corrected chi connectivity index (χ4v) is 3.44. The largest absolute Gasteiger partial charge is 0.357 e. The van der Waals surface area contributed by atoms with Crippen LogP contribution in [0.2, 0.25) is 0 Å². The smallest absolute Gasteiger partial charge is 0.251 e. The molecule has 1 amide bonds. The molecule has 0 spiro atoms. The summed E-state index contributed by atoms with van der Waals surface area (Å²) < 4.78 is 0. The van der Waals surface area contributed by atoms with Crippen LogP contribution in [-0.4, -0.2) is 31.5 Å². The molecule has 5 nitrogen and oxygen atoms in total. The van der Waals surface area contributed by atoms with Gasteiger partial charge in [-0.1, -0.05) is 32.0 Å². The van der Waals surface area contributed by atoms with E-state index in [1.165, 1.54) is 4.88 Å². The molecule has 0 bridgehead atoms. The zero-order valence-corrected chi connectivity index (χ0v) is 20.2. The Morgan fingerprint density at radius 2 is 1.71 bits per heavy atom. The van der Waals surface area contributed by atoms with E-state index in [-0.39, 0.29) is 35.3 Å². The van der Waals surface area contributed by atoms with E-state index < -0.39 is 0 Å². The van der Waals surface area contributed by atoms with Gasteiger partial charge in [-0.05, 0) is 43.0 Å². The van der Waals surface area contributed by atoms with Crippen molar-refractivity contribution in [2.75, 3.05) is 19.6 Å². The Morgan fingerprint density at radius 1 is 1.04 bits per heavy atom. The van der Waals surface area contributed by atoms with Crippen LogP contribution in [0.5, 0.6) is 0 Å². The van der Waals surface area contributed by atoms with Crippen molar-refractivity contribution >= 4 is 47.2 Å². The van der Waals surface area contributed by atoms with Gasteiger partial charge in [-0.2, -0.15) is 0 Å². The highest BCUT2D eigenvalue weighted by Gasteiger charge is 2.21. The average Bonchev–Trinajstić information content (AvgIpc) is 3.20. The molecule has 1 aromatic carbocycles. The second-order valence-corrected chi connectivity index (χ2v) is 7.91. The van der Waals surface area contributed by atoms with Crippen molar-refractivity contribution in [3.63, 3.8) is 0 Å². The van der Waals surface area contributed by atoms with Gasteiger partial charge in [0.1, 0.15) is 0 Å². The molecule has 0 radical (unpaired) electrons. The quantitative estimate of drug-likeness (QED) is 0.282. The topological polar surface area (TPSA) is 65.5 Å². The van der Waals surface area contributed by atoms with Gasteiger partial charge in [0.25, 0.3) is 5.91 Å². The normalized spacial score (nSPS) is 11.5. The van der Waals surface area contributed by atoms with Gasteiger partial charge in [0.05, 0.1) is 6.54 Å². The third kappa shape index (κ3) is 7.43. The second-order valence-electron chi connectivity index (χ2n) is 6.97. The summed E-state index contributed by atoms with van der Waals surface area (Å²) in [7, 11) is 0. The molecule has 0 saturated heterocycles. The molecule has 154 valence electrons. The first kappa shape index (κ1) is 24.4. The van der Waals surface area contributed by atoms with Crippen molar-refractivity contribution in [2.24, 2.45) is 4.99 Å². The molecular formula is C21H31IN4OS. The van der Waals surface area contributed by atoms with Crippen LogP contribution in [0.15, 0.2) is 46.8 Å². The highest BCUT2D eigenvalue weighted by atomic mass is 127. The standard InChI is InChI=1S/C21H30N4OS.HI/c1-5-22-19(26)17-11-9-16(10-12-17)14-24-20(23-6-2)25-15-21(3,4)18-8-7-13-27-18;/h7-13H,5-6,14-15H2,1-4H3,(H,22,26)(H2,23,24,25);1H. The second kappa shape index (κ2) is 12.1. The highest BCUT2D eigenvalue weighted by molar-refractivity contribution is 14.0. The number of hydrogen-bond donors (Lipinski definition) is 3. The zero-order chi connectivity index (χ0) is 19.7. The third-order valence-corrected chi connectivity index (χ3v) is 5.44. The minimum absolute atomic E-state index is 0. The number of carbonyl (C=O) groups is 1. The minimum atomic E-state index is -0.0432. The minimum Gasteiger partial charge on any atom is -0.357 e. The molecule has 0 fully saturated rings. The maximum absolute atomic E-state index is 11.8. The van der Waals surface area contributed by atoms with Crippen molar-refractivity contribution in [1.82, 2.24) is 16.0 Å². The summed E-state index contributed by atoms with van der Waals surface area (Å²) in [5.74, 6) is 0.758. The number of guanidine groups is 1. The number of halogens is 1. The van der Waals surface area contributed by atoms with Gasteiger partial charge in [-0.3, -0.25) is 4.79 Å². The maximum atomic E-state index is 11.8. The molecule has 1 heterocycles. The van der Waals surface area contributed by atoms with Crippen LogP contribution in [0.25, 0.3) is 0 Å². The van der Waals surface area contributed by atoms with E-state index in [1.54, 1.807) is 11.3 Å². The molecule has 0 aliphatic heterocycles. The number of nitrogens with zero attached hydrogens (tertiary/aromatic N) is 1. The molecule has 0 unspecified atom stereocenters. The van der Waals surface area contributed by atoms with Gasteiger partial charge in [0, 0.05) is 35.5 Å². The van der Waals surface area contributed by atoms with E-state index in [4.69, 9.17) is 0 Å². The SMILES string of the molecule is CCNC(=O)c1ccc(CN=C(NCC)NCC(C)(C)c2cccs2)cc1.I. The summed E-state index contributed by atoms with van der Waals surface area (Å²) in [6, 6.07) is 11.9. The Kier molecular flexibility index (Phi) is 10.5. The lowest BCUT2D eigenvalue weighted by molar-refractivity contribution is 0.0956. The Hall–Kier alpha value is -1.61. The fourth-order valence-electron chi connectivity index (χ4n) is 2.59. The van der Waals surface area contributed by atoms with Gasteiger partial charge in [0.15, 0.2) is 5.96 Å². The van der Waals surface area contributed by atoms with E-state index in [9.17, 15) is 4.79 Å². The van der Waals surface area contributed by atoms with E-state index >= 15 is 0 Å². The summed E-state index contributed by atoms with van der Waals surface area (Å²) in [5.41, 5.74) is 1.78. The van der Waals surface area contributed by atoms with Crippen LogP contribution in [0, 0.1) is 0 Å². The van der Waals surface area contributed by atoms with Crippen molar-refractivity contribution < 1.29 is 4.79 Å². The molecule has 3 N–H and O–H groups in total. The third-order valence-electron chi connectivity index (χ3n) is 4.20. The average molecular weight is 514 g/mol. The van der Waals surface area contributed by atoms with Crippen LogP contribution in [0.3, 0.4) is 0 Å². The number of rotatable bonds is 8. The van der Waals surface area contributed by atoms with Gasteiger partial charge in [0.2, 0.25) is 0 Å². The van der Waals surface area contributed by atoms with Gasteiger partial charge >= 0.3 is 0 Å². The van der Waals surface area contributed by atoms with Crippen LogP contribution < -0.4 is 16.0 Å². The molecule has 0 saturated carbocycles. The maximum Gasteiger partial charge on any atom is 0.251 e. The van der Waals surface area contributed by atoms with E-state index in [0.717, 1.165) is 24.6 Å². The van der Waals surface area contributed by atoms with E-state index in [1.807, 2.05) is 31.2 Å². The monoisotopic (exact) mass is 514 g/mol. The van der Waals surface area contributed by atoms with Crippen LogP contribution in [0.4, 0.5) is 0 Å². The van der Waals surface area contributed by atoms with Crippen molar-refractivity contribution in [3.05, 3.63) is 57.8 Å². The molecule has 0 aliphatic carbocycles. The Morgan fingerprint density at radius 3 is 2.29 bits per heavy atom. The van der Waals surface area contributed by atoms with Crippen molar-refractivity contribution in [3.8, 4) is 0 Å². The predicted molar refractivity (Wildman–Crippen MR) is 130 cm³/mol. The molecule has 2 aromatic rings. The fraction of sp³-hybridized carbons (Fsp3) is 0.429. The van der Waals surface area contributed by atoms with Gasteiger partial charge in [-0.25, -0.2) is 4.99 Å². The molecule has 7 heteroatoms. The van der Waals surface area contributed by atoms with E-state index in [2.05, 4.69) is 59.2 Å².